The van der Waals surface area contributed by atoms with E-state index in [-0.39, 0.29) is 23.6 Å². The van der Waals surface area contributed by atoms with Crippen molar-refractivity contribution in [2.45, 2.75) is 26.3 Å². The van der Waals surface area contributed by atoms with Crippen LogP contribution in [0.4, 0.5) is 5.82 Å². The first-order valence-corrected chi connectivity index (χ1v) is 10.5. The van der Waals surface area contributed by atoms with Crippen LogP contribution >= 0.6 is 27.5 Å². The van der Waals surface area contributed by atoms with Crippen LogP contribution in [0.2, 0.25) is 0 Å². The number of benzene rings is 1. The topological polar surface area (TPSA) is 94.9 Å². The fourth-order valence-electron chi connectivity index (χ4n) is 2.58. The van der Waals surface area contributed by atoms with Crippen molar-refractivity contribution in [1.82, 2.24) is 9.69 Å². The van der Waals surface area contributed by atoms with Gasteiger partial charge in [0.05, 0.1) is 11.4 Å². The van der Waals surface area contributed by atoms with Gasteiger partial charge in [-0.25, -0.2) is 0 Å². The zero-order chi connectivity index (χ0) is 19.8. The molecule has 0 aliphatic rings. The fraction of sp³-hybridized carbons (Fsp3) is 0.368. The van der Waals surface area contributed by atoms with Crippen LogP contribution in [0.5, 0.6) is 0 Å². The van der Waals surface area contributed by atoms with Crippen molar-refractivity contribution in [3.8, 4) is 17.2 Å². The van der Waals surface area contributed by atoms with Gasteiger partial charge in [0.2, 0.25) is 5.91 Å². The molecule has 0 radical (unpaired) electrons. The van der Waals surface area contributed by atoms with Crippen LogP contribution in [0.15, 0.2) is 29.6 Å². The number of amides is 1. The second-order valence-electron chi connectivity index (χ2n) is 6.41. The van der Waals surface area contributed by atoms with Crippen molar-refractivity contribution in [3.63, 3.8) is 0 Å². The van der Waals surface area contributed by atoms with Crippen molar-refractivity contribution in [2.75, 3.05) is 17.2 Å². The molecular weight excluding hydrogens is 428 g/mol. The number of halogens is 1. The van der Waals surface area contributed by atoms with Crippen molar-refractivity contribution in [1.29, 1.82) is 5.26 Å². The van der Waals surface area contributed by atoms with Gasteiger partial charge in [-0.2, -0.15) is 9.64 Å². The summed E-state index contributed by atoms with van der Waals surface area (Å²) in [5, 5.41) is 16.7. The number of aromatic nitrogens is 1. The molecule has 0 unspecified atom stereocenters. The van der Waals surface area contributed by atoms with Crippen LogP contribution in [-0.4, -0.2) is 34.0 Å². The predicted molar refractivity (Wildman–Crippen MR) is 111 cm³/mol. The number of rotatable bonds is 9. The highest BCUT2D eigenvalue weighted by Gasteiger charge is 2.22. The first-order chi connectivity index (χ1) is 13.0. The molecule has 27 heavy (non-hydrogen) atoms. The molecule has 0 bridgehead atoms. The van der Waals surface area contributed by atoms with E-state index in [1.54, 1.807) is 12.1 Å². The highest BCUT2D eigenvalue weighted by Crippen LogP contribution is 2.30. The molecule has 8 heteroatoms. The van der Waals surface area contributed by atoms with Crippen LogP contribution in [0.25, 0.3) is 11.1 Å². The quantitative estimate of drug-likeness (QED) is 0.345. The van der Waals surface area contributed by atoms with E-state index in [1.165, 1.54) is 11.5 Å². The van der Waals surface area contributed by atoms with Gasteiger partial charge < -0.3 is 10.6 Å². The fourth-order valence-corrected chi connectivity index (χ4v) is 3.56. The number of alkyl halides is 1. The summed E-state index contributed by atoms with van der Waals surface area (Å²) < 4.78 is 4.39. The molecule has 0 saturated carbocycles. The zero-order valence-corrected chi connectivity index (χ0v) is 17.6. The summed E-state index contributed by atoms with van der Waals surface area (Å²) in [5.74, 6) is 0.723. The minimum Gasteiger partial charge on any atom is -0.357 e. The van der Waals surface area contributed by atoms with Crippen LogP contribution < -0.4 is 10.6 Å². The highest BCUT2D eigenvalue weighted by molar-refractivity contribution is 9.09. The smallest absolute Gasteiger partial charge is 0.243 e. The van der Waals surface area contributed by atoms with Gasteiger partial charge in [0.25, 0.3) is 0 Å². The van der Waals surface area contributed by atoms with Gasteiger partial charge >= 0.3 is 0 Å². The van der Waals surface area contributed by atoms with Gasteiger partial charge in [-0.3, -0.25) is 9.59 Å². The molecule has 2 N–H and O–H groups in total. The Morgan fingerprint density at radius 1 is 1.30 bits per heavy atom. The number of nitrogens with zero attached hydrogens (tertiary/aromatic N) is 2. The van der Waals surface area contributed by atoms with E-state index in [0.717, 1.165) is 11.1 Å². The van der Waals surface area contributed by atoms with Gasteiger partial charge in [0, 0.05) is 16.5 Å². The number of anilines is 1. The number of Topliss-reactive ketones (excluding diaryl/α,β-unsaturated/α-hetero) is 1. The Balaban J connectivity index is 2.22. The SMILES string of the molecule is CC(C)C[C@H](Nc1nscc1-c1ccc(C(=O)CBr)cc1)C(=O)NCC#N. The van der Waals surface area contributed by atoms with E-state index in [2.05, 4.69) is 30.9 Å². The van der Waals surface area contributed by atoms with E-state index in [0.29, 0.717) is 23.7 Å². The van der Waals surface area contributed by atoms with Crippen LogP contribution in [0.3, 0.4) is 0 Å². The second kappa shape index (κ2) is 10.2. The summed E-state index contributed by atoms with van der Waals surface area (Å²) in [7, 11) is 0. The maximum absolute atomic E-state index is 12.4. The molecule has 1 atom stereocenters. The van der Waals surface area contributed by atoms with Crippen molar-refractivity contribution < 1.29 is 9.59 Å². The third kappa shape index (κ3) is 5.88. The number of nitrogens with one attached hydrogen (secondary N) is 2. The minimum atomic E-state index is -0.478. The molecule has 142 valence electrons. The van der Waals surface area contributed by atoms with E-state index in [9.17, 15) is 9.59 Å². The lowest BCUT2D eigenvalue weighted by molar-refractivity contribution is -0.121. The number of carbonyl (C=O) groups excluding carboxylic acids is 2. The minimum absolute atomic E-state index is 0.0227. The first kappa shape index (κ1) is 21.1. The Hall–Kier alpha value is -2.24. The summed E-state index contributed by atoms with van der Waals surface area (Å²) >= 11 is 4.47. The molecule has 0 spiro atoms. The maximum Gasteiger partial charge on any atom is 0.243 e. The maximum atomic E-state index is 12.4. The third-order valence-corrected chi connectivity index (χ3v) is 5.02. The van der Waals surface area contributed by atoms with E-state index in [1.807, 2.05) is 37.4 Å². The number of nitriles is 1. The molecular formula is C19H21BrN4O2S. The van der Waals surface area contributed by atoms with Crippen LogP contribution in [0, 0.1) is 17.2 Å². The molecule has 2 aromatic rings. The normalized spacial score (nSPS) is 11.7. The summed E-state index contributed by atoms with van der Waals surface area (Å²) in [5.41, 5.74) is 2.43. The van der Waals surface area contributed by atoms with E-state index < -0.39 is 6.04 Å². The van der Waals surface area contributed by atoms with Crippen molar-refractivity contribution in [2.24, 2.45) is 5.92 Å². The zero-order valence-electron chi connectivity index (χ0n) is 15.2. The Bertz CT molecular complexity index is 827. The molecule has 1 heterocycles. The van der Waals surface area contributed by atoms with Crippen molar-refractivity contribution >= 4 is 45.0 Å². The van der Waals surface area contributed by atoms with Gasteiger partial charge in [-0.15, -0.1) is 0 Å². The molecule has 0 aliphatic heterocycles. The Kier molecular flexibility index (Phi) is 7.95. The Morgan fingerprint density at radius 2 is 2.00 bits per heavy atom. The summed E-state index contributed by atoms with van der Waals surface area (Å²) in [6.45, 7) is 4.05. The number of hydrogen-bond acceptors (Lipinski definition) is 6. The molecule has 6 nitrogen and oxygen atoms in total. The lowest BCUT2D eigenvalue weighted by Gasteiger charge is -2.20. The number of ketones is 1. The lowest BCUT2D eigenvalue weighted by Crippen LogP contribution is -2.40. The first-order valence-electron chi connectivity index (χ1n) is 8.51. The summed E-state index contributed by atoms with van der Waals surface area (Å²) in [6, 6.07) is 8.75. The lowest BCUT2D eigenvalue weighted by atomic mass is 10.0. The van der Waals surface area contributed by atoms with Crippen molar-refractivity contribution in [3.05, 3.63) is 35.2 Å². The molecule has 1 aromatic heterocycles. The Labute approximate surface area is 171 Å². The molecule has 0 saturated heterocycles. The Morgan fingerprint density at radius 3 is 2.59 bits per heavy atom. The monoisotopic (exact) mass is 448 g/mol. The second-order valence-corrected chi connectivity index (χ2v) is 7.60. The van der Waals surface area contributed by atoms with Gasteiger partial charge in [0.1, 0.15) is 18.4 Å². The molecule has 2 rings (SSSR count). The average Bonchev–Trinajstić information content (AvgIpc) is 3.12. The van der Waals surface area contributed by atoms with Gasteiger partial charge in [-0.1, -0.05) is 54.0 Å². The highest BCUT2D eigenvalue weighted by atomic mass is 79.9. The van der Waals surface area contributed by atoms with E-state index >= 15 is 0 Å². The number of carbonyl (C=O) groups is 2. The molecule has 1 aromatic carbocycles. The van der Waals surface area contributed by atoms with Gasteiger partial charge in [0.15, 0.2) is 5.78 Å². The van der Waals surface area contributed by atoms with Crippen LogP contribution in [0.1, 0.15) is 30.6 Å². The predicted octanol–water partition coefficient (Wildman–Crippen LogP) is 3.85. The van der Waals surface area contributed by atoms with Crippen LogP contribution in [-0.2, 0) is 4.79 Å². The molecule has 1 amide bonds. The van der Waals surface area contributed by atoms with E-state index in [4.69, 9.17) is 5.26 Å². The third-order valence-electron chi connectivity index (χ3n) is 3.89. The average molecular weight is 449 g/mol. The van der Waals surface area contributed by atoms with Gasteiger partial charge in [-0.05, 0) is 29.4 Å². The molecule has 0 aliphatic carbocycles. The number of hydrogen-bond donors (Lipinski definition) is 2. The summed E-state index contributed by atoms with van der Waals surface area (Å²) in [4.78, 5) is 24.1. The standard InChI is InChI=1S/C19H21BrN4O2S/c1-12(2)9-16(19(26)22-8-7-21)23-18-15(11-27-24-18)13-3-5-14(6-4-13)17(25)10-20/h3-6,11-12,16H,8-10H2,1-2H3,(H,22,26)(H,23,24)/t16-/m0/s1. The largest absolute Gasteiger partial charge is 0.357 e. The molecule has 0 fully saturated rings. The summed E-state index contributed by atoms with van der Waals surface area (Å²) in [6.07, 6.45) is 0.618.